The molecule has 0 radical (unpaired) electrons. The van der Waals surface area contributed by atoms with Gasteiger partial charge in [0.2, 0.25) is 6.29 Å². The summed E-state index contributed by atoms with van der Waals surface area (Å²) in [5.74, 6) is 1.65. The van der Waals surface area contributed by atoms with E-state index in [1.165, 1.54) is 50.5 Å². The lowest BCUT2D eigenvalue weighted by molar-refractivity contribution is -0.156. The Kier molecular flexibility index (Phi) is 10.7. The van der Waals surface area contributed by atoms with Gasteiger partial charge in [-0.05, 0) is 61.7 Å². The predicted molar refractivity (Wildman–Crippen MR) is 126 cm³/mol. The third-order valence-electron chi connectivity index (χ3n) is 4.98. The molecule has 31 heavy (non-hydrogen) atoms. The molecule has 2 aromatic rings. The Morgan fingerprint density at radius 1 is 0.839 bits per heavy atom. The first-order valence-corrected chi connectivity index (χ1v) is 11.4. The Hall–Kier alpha value is -2.75. The van der Waals surface area contributed by atoms with Crippen molar-refractivity contribution in [3.63, 3.8) is 0 Å². The van der Waals surface area contributed by atoms with Crippen molar-refractivity contribution in [1.29, 1.82) is 0 Å². The van der Waals surface area contributed by atoms with Crippen molar-refractivity contribution in [2.24, 2.45) is 0 Å². The Morgan fingerprint density at radius 2 is 1.35 bits per heavy atom. The molecule has 168 valence electrons. The molecule has 0 saturated heterocycles. The number of rotatable bonds is 14. The molecule has 0 bridgehead atoms. The molecule has 0 spiro atoms. The zero-order valence-corrected chi connectivity index (χ0v) is 19.2. The normalized spacial score (nSPS) is 11.6. The van der Waals surface area contributed by atoms with Crippen molar-refractivity contribution in [1.82, 2.24) is 0 Å². The summed E-state index contributed by atoms with van der Waals surface area (Å²) in [4.78, 5) is 11.5. The Balaban J connectivity index is 1.73. The van der Waals surface area contributed by atoms with Gasteiger partial charge in [-0.25, -0.2) is 4.79 Å². The summed E-state index contributed by atoms with van der Waals surface area (Å²) >= 11 is 0. The second-order valence-electron chi connectivity index (χ2n) is 7.96. The van der Waals surface area contributed by atoms with Crippen molar-refractivity contribution in [3.05, 3.63) is 66.2 Å². The molecular formula is C27H36O4. The van der Waals surface area contributed by atoms with Crippen LogP contribution in [-0.4, -0.2) is 12.3 Å². The second-order valence-corrected chi connectivity index (χ2v) is 7.96. The minimum atomic E-state index is -0.695. The molecule has 0 aliphatic carbocycles. The summed E-state index contributed by atoms with van der Waals surface area (Å²) in [7, 11) is 0. The van der Waals surface area contributed by atoms with E-state index in [4.69, 9.17) is 14.2 Å². The minimum Gasteiger partial charge on any atom is -0.457 e. The van der Waals surface area contributed by atoms with Crippen molar-refractivity contribution >= 4 is 5.97 Å². The zero-order valence-electron chi connectivity index (χ0n) is 19.2. The lowest BCUT2D eigenvalue weighted by Gasteiger charge is -2.15. The van der Waals surface area contributed by atoms with Crippen LogP contribution in [0.4, 0.5) is 0 Å². The summed E-state index contributed by atoms with van der Waals surface area (Å²) in [6.45, 7) is 9.08. The Bertz CT molecular complexity index is 793. The smallest absolute Gasteiger partial charge is 0.336 e. The van der Waals surface area contributed by atoms with Gasteiger partial charge in [-0.15, -0.1) is 0 Å². The van der Waals surface area contributed by atoms with Crippen LogP contribution in [0.15, 0.2) is 60.7 Å². The molecular weight excluding hydrogens is 388 g/mol. The quantitative estimate of drug-likeness (QED) is 0.135. The van der Waals surface area contributed by atoms with Crippen LogP contribution in [0, 0.1) is 0 Å². The molecule has 0 saturated carbocycles. The van der Waals surface area contributed by atoms with E-state index in [9.17, 15) is 4.79 Å². The first kappa shape index (κ1) is 24.5. The van der Waals surface area contributed by atoms with Crippen molar-refractivity contribution < 1.29 is 19.0 Å². The fourth-order valence-corrected chi connectivity index (χ4v) is 3.20. The average Bonchev–Trinajstić information content (AvgIpc) is 2.75. The van der Waals surface area contributed by atoms with Gasteiger partial charge in [-0.1, -0.05) is 64.2 Å². The molecule has 0 heterocycles. The van der Waals surface area contributed by atoms with E-state index < -0.39 is 12.3 Å². The summed E-state index contributed by atoms with van der Waals surface area (Å²) in [6.07, 6.45) is 9.72. The molecule has 0 aromatic heterocycles. The van der Waals surface area contributed by atoms with Crippen LogP contribution in [-0.2, 0) is 16.0 Å². The molecule has 0 N–H and O–H groups in total. The fourth-order valence-electron chi connectivity index (χ4n) is 3.20. The topological polar surface area (TPSA) is 44.8 Å². The van der Waals surface area contributed by atoms with Crippen molar-refractivity contribution in [2.75, 3.05) is 0 Å². The van der Waals surface area contributed by atoms with Crippen LogP contribution in [0.1, 0.15) is 71.3 Å². The summed E-state index contributed by atoms with van der Waals surface area (Å²) < 4.78 is 16.6. The van der Waals surface area contributed by atoms with Crippen LogP contribution in [0.25, 0.3) is 0 Å². The third-order valence-corrected chi connectivity index (χ3v) is 4.98. The van der Waals surface area contributed by atoms with E-state index in [-0.39, 0.29) is 0 Å². The predicted octanol–water partition coefficient (Wildman–Crippen LogP) is 7.62. The number of benzene rings is 2. The standard InChI is InChI=1S/C27H36O4/c1-5-6-7-8-9-10-11-12-23-13-15-25(16-14-23)31-26-19-17-24(18-20-26)29-22(4)30-27(28)21(2)3/h13-20,22H,2,5-12H2,1,3-4H3. The summed E-state index contributed by atoms with van der Waals surface area (Å²) in [6, 6.07) is 15.5. The van der Waals surface area contributed by atoms with Crippen molar-refractivity contribution in [3.8, 4) is 17.2 Å². The molecule has 1 atom stereocenters. The highest BCUT2D eigenvalue weighted by molar-refractivity contribution is 5.87. The number of hydrogen-bond acceptors (Lipinski definition) is 4. The minimum absolute atomic E-state index is 0.340. The van der Waals surface area contributed by atoms with Gasteiger partial charge >= 0.3 is 5.97 Å². The SMILES string of the molecule is C=C(C)C(=O)OC(C)Oc1ccc(Oc2ccc(CCCCCCCCC)cc2)cc1. The van der Waals surface area contributed by atoms with Gasteiger partial charge in [0, 0.05) is 12.5 Å². The second kappa shape index (κ2) is 13.5. The molecule has 4 nitrogen and oxygen atoms in total. The fraction of sp³-hybridized carbons (Fsp3) is 0.444. The average molecular weight is 425 g/mol. The van der Waals surface area contributed by atoms with Gasteiger partial charge in [0.25, 0.3) is 0 Å². The maximum Gasteiger partial charge on any atom is 0.336 e. The maximum atomic E-state index is 11.5. The van der Waals surface area contributed by atoms with Gasteiger partial charge in [0.1, 0.15) is 17.2 Å². The van der Waals surface area contributed by atoms with E-state index in [0.717, 1.165) is 17.9 Å². The number of carbonyl (C=O) groups excluding carboxylic acids is 1. The molecule has 0 fully saturated rings. The van der Waals surface area contributed by atoms with Gasteiger partial charge in [0.05, 0.1) is 0 Å². The third kappa shape index (κ3) is 9.73. The summed E-state index contributed by atoms with van der Waals surface area (Å²) in [5, 5.41) is 0. The lowest BCUT2D eigenvalue weighted by atomic mass is 10.0. The Labute approximate surface area is 187 Å². The molecule has 4 heteroatoms. The number of ether oxygens (including phenoxy) is 3. The van der Waals surface area contributed by atoms with E-state index in [0.29, 0.717) is 11.3 Å². The van der Waals surface area contributed by atoms with Crippen LogP contribution in [0.5, 0.6) is 17.2 Å². The number of esters is 1. The zero-order chi connectivity index (χ0) is 22.5. The van der Waals surface area contributed by atoms with E-state index in [1.807, 2.05) is 24.3 Å². The highest BCUT2D eigenvalue weighted by Crippen LogP contribution is 2.25. The monoisotopic (exact) mass is 424 g/mol. The molecule has 0 aliphatic heterocycles. The van der Waals surface area contributed by atoms with Crippen molar-refractivity contribution in [2.45, 2.75) is 78.4 Å². The first-order chi connectivity index (χ1) is 15.0. The molecule has 2 rings (SSSR count). The first-order valence-electron chi connectivity index (χ1n) is 11.4. The van der Waals surface area contributed by atoms with Gasteiger partial charge in [-0.2, -0.15) is 0 Å². The van der Waals surface area contributed by atoms with E-state index in [2.05, 4.69) is 25.6 Å². The highest BCUT2D eigenvalue weighted by Gasteiger charge is 2.11. The molecule has 2 aromatic carbocycles. The molecule has 0 amide bonds. The van der Waals surface area contributed by atoms with E-state index >= 15 is 0 Å². The van der Waals surface area contributed by atoms with Gasteiger partial charge < -0.3 is 14.2 Å². The lowest BCUT2D eigenvalue weighted by Crippen LogP contribution is -2.21. The number of unbranched alkanes of at least 4 members (excludes halogenated alkanes) is 6. The number of hydrogen-bond donors (Lipinski definition) is 0. The van der Waals surface area contributed by atoms with E-state index in [1.54, 1.807) is 26.0 Å². The molecule has 0 aliphatic rings. The van der Waals surface area contributed by atoms with Crippen LogP contribution >= 0.6 is 0 Å². The highest BCUT2D eigenvalue weighted by atomic mass is 16.7. The van der Waals surface area contributed by atoms with Gasteiger partial charge in [0.15, 0.2) is 0 Å². The van der Waals surface area contributed by atoms with Crippen LogP contribution < -0.4 is 9.47 Å². The summed E-state index contributed by atoms with van der Waals surface area (Å²) in [5.41, 5.74) is 1.69. The van der Waals surface area contributed by atoms with Gasteiger partial charge in [-0.3, -0.25) is 0 Å². The van der Waals surface area contributed by atoms with Crippen LogP contribution in [0.3, 0.4) is 0 Å². The number of carbonyl (C=O) groups is 1. The maximum absolute atomic E-state index is 11.5. The largest absolute Gasteiger partial charge is 0.457 e. The van der Waals surface area contributed by atoms with Crippen LogP contribution in [0.2, 0.25) is 0 Å². The number of aryl methyl sites for hydroxylation is 1. The molecule has 1 unspecified atom stereocenters. The Morgan fingerprint density at radius 3 is 1.94 bits per heavy atom.